The van der Waals surface area contributed by atoms with Gasteiger partial charge in [-0.1, -0.05) is 74.0 Å². The highest BCUT2D eigenvalue weighted by molar-refractivity contribution is 5.84. The second-order valence-electron chi connectivity index (χ2n) is 5.36. The van der Waals surface area contributed by atoms with E-state index in [2.05, 4.69) is 12.0 Å². The molecule has 0 saturated carbocycles. The normalized spacial score (nSPS) is 10.8. The minimum Gasteiger partial charge on any atom is -0.493 e. The summed E-state index contributed by atoms with van der Waals surface area (Å²) in [6.45, 7) is 2.87. The van der Waals surface area contributed by atoms with E-state index in [0.29, 0.717) is 0 Å². The highest BCUT2D eigenvalue weighted by atomic mass is 16.3. The van der Waals surface area contributed by atoms with Gasteiger partial charge in [-0.05, 0) is 12.0 Å². The van der Waals surface area contributed by atoms with Crippen LogP contribution in [-0.2, 0) is 6.54 Å². The van der Waals surface area contributed by atoms with Gasteiger partial charge in [0.05, 0.1) is 5.56 Å². The molecule has 0 saturated heterocycles. The Kier molecular flexibility index (Phi) is 4.24. The SMILES string of the molecule is CCCCn1nc(-c2ccccc2)c(-c2ccccc2)c1O. The molecule has 112 valence electrons. The van der Waals surface area contributed by atoms with Gasteiger partial charge in [0.25, 0.3) is 0 Å². The molecule has 3 heteroatoms. The Morgan fingerprint density at radius 3 is 2.09 bits per heavy atom. The quantitative estimate of drug-likeness (QED) is 0.738. The Morgan fingerprint density at radius 1 is 0.909 bits per heavy atom. The van der Waals surface area contributed by atoms with Crippen LogP contribution in [0.3, 0.4) is 0 Å². The molecule has 0 aliphatic carbocycles. The molecule has 0 amide bonds. The van der Waals surface area contributed by atoms with Crippen LogP contribution in [0.5, 0.6) is 5.88 Å². The maximum atomic E-state index is 10.7. The second kappa shape index (κ2) is 6.48. The van der Waals surface area contributed by atoms with E-state index in [-0.39, 0.29) is 5.88 Å². The molecule has 1 heterocycles. The molecular formula is C19H20N2O. The van der Waals surface area contributed by atoms with E-state index >= 15 is 0 Å². The summed E-state index contributed by atoms with van der Waals surface area (Å²) in [5.41, 5.74) is 3.65. The molecule has 2 aromatic carbocycles. The summed E-state index contributed by atoms with van der Waals surface area (Å²) in [6.07, 6.45) is 2.07. The summed E-state index contributed by atoms with van der Waals surface area (Å²) < 4.78 is 1.72. The molecule has 3 aromatic rings. The number of nitrogens with zero attached hydrogens (tertiary/aromatic N) is 2. The Morgan fingerprint density at radius 2 is 1.50 bits per heavy atom. The zero-order valence-corrected chi connectivity index (χ0v) is 12.7. The van der Waals surface area contributed by atoms with Gasteiger partial charge in [0, 0.05) is 12.1 Å². The maximum absolute atomic E-state index is 10.7. The van der Waals surface area contributed by atoms with Gasteiger partial charge in [0.2, 0.25) is 5.88 Å². The number of aromatic nitrogens is 2. The van der Waals surface area contributed by atoms with E-state index in [0.717, 1.165) is 41.8 Å². The lowest BCUT2D eigenvalue weighted by Crippen LogP contribution is -1.99. The number of aryl methyl sites for hydroxylation is 1. The van der Waals surface area contributed by atoms with E-state index in [1.54, 1.807) is 4.68 Å². The number of aromatic hydroxyl groups is 1. The lowest BCUT2D eigenvalue weighted by Gasteiger charge is -2.04. The fourth-order valence-electron chi connectivity index (χ4n) is 2.59. The summed E-state index contributed by atoms with van der Waals surface area (Å²) >= 11 is 0. The number of hydrogen-bond donors (Lipinski definition) is 1. The second-order valence-corrected chi connectivity index (χ2v) is 5.36. The molecule has 0 atom stereocenters. The van der Waals surface area contributed by atoms with E-state index in [1.807, 2.05) is 60.7 Å². The van der Waals surface area contributed by atoms with Crippen molar-refractivity contribution in [1.82, 2.24) is 9.78 Å². The lowest BCUT2D eigenvalue weighted by atomic mass is 10.0. The molecule has 1 N–H and O–H groups in total. The predicted octanol–water partition coefficient (Wildman–Crippen LogP) is 4.72. The summed E-state index contributed by atoms with van der Waals surface area (Å²) in [7, 11) is 0. The molecule has 0 radical (unpaired) electrons. The fraction of sp³-hybridized carbons (Fsp3) is 0.211. The first kappa shape index (κ1) is 14.4. The van der Waals surface area contributed by atoms with Crippen LogP contribution >= 0.6 is 0 Å². The summed E-state index contributed by atoms with van der Waals surface area (Å²) in [5.74, 6) is 0.249. The Bertz CT molecular complexity index is 733. The first-order chi connectivity index (χ1) is 10.8. The van der Waals surface area contributed by atoms with Crippen molar-refractivity contribution in [3.63, 3.8) is 0 Å². The third kappa shape index (κ3) is 2.75. The Hall–Kier alpha value is -2.55. The minimum absolute atomic E-state index is 0.249. The van der Waals surface area contributed by atoms with Crippen LogP contribution in [0.15, 0.2) is 60.7 Å². The van der Waals surface area contributed by atoms with Crippen molar-refractivity contribution < 1.29 is 5.11 Å². The zero-order valence-electron chi connectivity index (χ0n) is 12.7. The highest BCUT2D eigenvalue weighted by Gasteiger charge is 2.19. The number of benzene rings is 2. The van der Waals surface area contributed by atoms with Crippen molar-refractivity contribution in [3.8, 4) is 28.3 Å². The van der Waals surface area contributed by atoms with Gasteiger partial charge in [-0.2, -0.15) is 5.10 Å². The minimum atomic E-state index is 0.249. The third-order valence-corrected chi connectivity index (χ3v) is 3.76. The van der Waals surface area contributed by atoms with E-state index in [9.17, 15) is 5.11 Å². The first-order valence-electron chi connectivity index (χ1n) is 7.72. The average molecular weight is 292 g/mol. The summed E-state index contributed by atoms with van der Waals surface area (Å²) in [5, 5.41) is 15.3. The molecular weight excluding hydrogens is 272 g/mol. The molecule has 3 nitrogen and oxygen atoms in total. The van der Waals surface area contributed by atoms with E-state index in [4.69, 9.17) is 0 Å². The van der Waals surface area contributed by atoms with Crippen molar-refractivity contribution in [1.29, 1.82) is 0 Å². The van der Waals surface area contributed by atoms with Gasteiger partial charge in [-0.25, -0.2) is 4.68 Å². The van der Waals surface area contributed by atoms with E-state index in [1.165, 1.54) is 0 Å². The van der Waals surface area contributed by atoms with E-state index < -0.39 is 0 Å². The van der Waals surface area contributed by atoms with Crippen molar-refractivity contribution in [2.45, 2.75) is 26.3 Å². The predicted molar refractivity (Wildman–Crippen MR) is 89.7 cm³/mol. The van der Waals surface area contributed by atoms with Crippen LogP contribution < -0.4 is 0 Å². The van der Waals surface area contributed by atoms with Crippen LogP contribution in [0, 0.1) is 0 Å². The number of hydrogen-bond acceptors (Lipinski definition) is 2. The average Bonchev–Trinajstić information content (AvgIpc) is 2.91. The van der Waals surface area contributed by atoms with Crippen molar-refractivity contribution in [3.05, 3.63) is 60.7 Å². The van der Waals surface area contributed by atoms with Gasteiger partial charge in [0.1, 0.15) is 5.69 Å². The smallest absolute Gasteiger partial charge is 0.218 e. The molecule has 0 fully saturated rings. The van der Waals surface area contributed by atoms with Gasteiger partial charge in [-0.15, -0.1) is 0 Å². The van der Waals surface area contributed by atoms with Gasteiger partial charge >= 0.3 is 0 Å². The summed E-state index contributed by atoms with van der Waals surface area (Å²) in [4.78, 5) is 0. The van der Waals surface area contributed by atoms with Crippen LogP contribution in [0.4, 0.5) is 0 Å². The number of rotatable bonds is 5. The largest absolute Gasteiger partial charge is 0.493 e. The van der Waals surface area contributed by atoms with Crippen molar-refractivity contribution in [2.75, 3.05) is 0 Å². The third-order valence-electron chi connectivity index (χ3n) is 3.76. The molecule has 0 spiro atoms. The Balaban J connectivity index is 2.15. The number of unbranched alkanes of at least 4 members (excludes halogenated alkanes) is 1. The van der Waals surface area contributed by atoms with Crippen LogP contribution in [-0.4, -0.2) is 14.9 Å². The maximum Gasteiger partial charge on any atom is 0.218 e. The monoisotopic (exact) mass is 292 g/mol. The molecule has 0 aliphatic heterocycles. The molecule has 0 aliphatic rings. The lowest BCUT2D eigenvalue weighted by molar-refractivity contribution is 0.395. The van der Waals surface area contributed by atoms with Gasteiger partial charge in [-0.3, -0.25) is 0 Å². The molecule has 3 rings (SSSR count). The highest BCUT2D eigenvalue weighted by Crippen LogP contribution is 2.38. The zero-order chi connectivity index (χ0) is 15.4. The molecule has 22 heavy (non-hydrogen) atoms. The van der Waals surface area contributed by atoms with Crippen LogP contribution in [0.25, 0.3) is 22.4 Å². The van der Waals surface area contributed by atoms with Gasteiger partial charge in [0.15, 0.2) is 0 Å². The first-order valence-corrected chi connectivity index (χ1v) is 7.72. The molecule has 1 aromatic heterocycles. The standard InChI is InChI=1S/C19H20N2O/c1-2-3-14-21-19(22)17(15-10-6-4-7-11-15)18(20-21)16-12-8-5-9-13-16/h4-13,22H,2-3,14H2,1H3. The topological polar surface area (TPSA) is 38.0 Å². The van der Waals surface area contributed by atoms with Crippen LogP contribution in [0.1, 0.15) is 19.8 Å². The molecule has 0 unspecified atom stereocenters. The van der Waals surface area contributed by atoms with Crippen LogP contribution in [0.2, 0.25) is 0 Å². The fourth-order valence-corrected chi connectivity index (χ4v) is 2.59. The van der Waals surface area contributed by atoms with Crippen molar-refractivity contribution >= 4 is 0 Å². The summed E-state index contributed by atoms with van der Waals surface area (Å²) in [6, 6.07) is 20.0. The van der Waals surface area contributed by atoms with Crippen molar-refractivity contribution in [2.24, 2.45) is 0 Å². The Labute approximate surface area is 130 Å². The molecule has 0 bridgehead atoms. The van der Waals surface area contributed by atoms with Gasteiger partial charge < -0.3 is 5.11 Å².